The summed E-state index contributed by atoms with van der Waals surface area (Å²) >= 11 is 0. The van der Waals surface area contributed by atoms with Gasteiger partial charge in [0.2, 0.25) is 5.89 Å². The molecule has 0 bridgehead atoms. The van der Waals surface area contributed by atoms with E-state index in [-0.39, 0.29) is 29.7 Å². The maximum atomic E-state index is 14.4. The lowest BCUT2D eigenvalue weighted by Gasteiger charge is -2.11. The van der Waals surface area contributed by atoms with Crippen molar-refractivity contribution < 1.29 is 23.1 Å². The number of nitrogens with zero attached hydrogens (tertiary/aromatic N) is 2. The third kappa shape index (κ3) is 4.88. The number of carbonyl (C=O) groups excluding carboxylic acids is 2. The molecule has 3 N–H and O–H groups in total. The molecule has 0 spiro atoms. The van der Waals surface area contributed by atoms with Crippen LogP contribution in [0.3, 0.4) is 0 Å². The van der Waals surface area contributed by atoms with Crippen LogP contribution in [0.1, 0.15) is 54.4 Å². The Morgan fingerprint density at radius 2 is 2.16 bits per heavy atom. The van der Waals surface area contributed by atoms with E-state index in [9.17, 15) is 14.0 Å². The van der Waals surface area contributed by atoms with Gasteiger partial charge in [-0.25, -0.2) is 19.2 Å². The first-order valence-electron chi connectivity index (χ1n) is 9.86. The molecular formula is C22H21FN4O4. The Bertz CT molecular complexity index is 1100. The molecule has 2 heterocycles. The molecular weight excluding hydrogens is 403 g/mol. The van der Waals surface area contributed by atoms with E-state index in [1.54, 1.807) is 31.2 Å². The number of ether oxygens (including phenoxy) is 1. The highest BCUT2D eigenvalue weighted by Gasteiger charge is 2.31. The van der Waals surface area contributed by atoms with E-state index in [0.717, 1.165) is 12.8 Å². The number of halogens is 1. The van der Waals surface area contributed by atoms with Gasteiger partial charge in [0.05, 0.1) is 11.9 Å². The molecule has 31 heavy (non-hydrogen) atoms. The van der Waals surface area contributed by atoms with E-state index in [2.05, 4.69) is 15.3 Å². The highest BCUT2D eigenvalue weighted by molar-refractivity contribution is 5.97. The zero-order valence-electron chi connectivity index (χ0n) is 16.8. The number of nitrogens with two attached hydrogens (primary N) is 1. The van der Waals surface area contributed by atoms with Crippen molar-refractivity contribution in [2.45, 2.75) is 32.3 Å². The van der Waals surface area contributed by atoms with Gasteiger partial charge in [-0.3, -0.25) is 4.79 Å². The van der Waals surface area contributed by atoms with Gasteiger partial charge in [0.25, 0.3) is 0 Å². The molecule has 2 aliphatic carbocycles. The molecule has 0 saturated heterocycles. The van der Waals surface area contributed by atoms with Gasteiger partial charge >= 0.3 is 6.03 Å². The number of carbonyl (C=O) groups is 2. The number of rotatable bonds is 7. The standard InChI is InChI=1S/C22H21FN4O4/c1-12(31-15-7-8-18(25-10-15)20(28)13-5-6-13)19-11-30-21(26-19)14-3-2-4-17(16(23)9-14)27-22(24)29/h2-3,7-13H,4-6H2,1H3,(H3,24,27,29). The molecule has 9 heteroatoms. The van der Waals surface area contributed by atoms with Gasteiger partial charge in [-0.2, -0.15) is 0 Å². The van der Waals surface area contributed by atoms with Gasteiger partial charge in [0.1, 0.15) is 35.3 Å². The SMILES string of the molecule is CC(Oc1ccc(C(=O)C2CC2)nc1)c1coc(C2=CC(F)=C(NC(N)=O)CC=C2)n1. The minimum absolute atomic E-state index is 0.0679. The highest BCUT2D eigenvalue weighted by Crippen LogP contribution is 2.32. The molecule has 0 radical (unpaired) electrons. The minimum Gasteiger partial charge on any atom is -0.483 e. The monoisotopic (exact) mass is 424 g/mol. The Morgan fingerprint density at radius 1 is 1.35 bits per heavy atom. The largest absolute Gasteiger partial charge is 0.483 e. The van der Waals surface area contributed by atoms with E-state index >= 15 is 0 Å². The van der Waals surface area contributed by atoms with E-state index in [1.165, 1.54) is 18.5 Å². The summed E-state index contributed by atoms with van der Waals surface area (Å²) in [4.78, 5) is 31.6. The Labute approximate surface area is 177 Å². The lowest BCUT2D eigenvalue weighted by atomic mass is 10.2. The summed E-state index contributed by atoms with van der Waals surface area (Å²) in [5.74, 6) is 0.256. The maximum absolute atomic E-state index is 14.4. The zero-order valence-corrected chi connectivity index (χ0v) is 16.8. The third-order valence-corrected chi connectivity index (χ3v) is 4.90. The first-order chi connectivity index (χ1) is 14.9. The lowest BCUT2D eigenvalue weighted by Crippen LogP contribution is -2.28. The predicted molar refractivity (Wildman–Crippen MR) is 109 cm³/mol. The third-order valence-electron chi connectivity index (χ3n) is 4.90. The molecule has 160 valence electrons. The molecule has 1 saturated carbocycles. The van der Waals surface area contributed by atoms with Crippen molar-refractivity contribution in [2.75, 3.05) is 0 Å². The second kappa shape index (κ2) is 8.55. The van der Waals surface area contributed by atoms with Crippen LogP contribution >= 0.6 is 0 Å². The van der Waals surface area contributed by atoms with Crippen molar-refractivity contribution in [1.29, 1.82) is 0 Å². The molecule has 0 aliphatic heterocycles. The summed E-state index contributed by atoms with van der Waals surface area (Å²) in [6.07, 6.45) is 9.05. The van der Waals surface area contributed by atoms with Gasteiger partial charge in [0, 0.05) is 17.9 Å². The average molecular weight is 424 g/mol. The van der Waals surface area contributed by atoms with E-state index in [1.807, 2.05) is 0 Å². The molecule has 8 nitrogen and oxygen atoms in total. The molecule has 2 aliphatic rings. The van der Waals surface area contributed by atoms with Crippen molar-refractivity contribution >= 4 is 17.4 Å². The minimum atomic E-state index is -0.834. The maximum Gasteiger partial charge on any atom is 0.316 e. The quantitative estimate of drug-likeness (QED) is 0.648. The highest BCUT2D eigenvalue weighted by atomic mass is 19.1. The van der Waals surface area contributed by atoms with Crippen molar-refractivity contribution in [2.24, 2.45) is 11.7 Å². The number of ketones is 1. The van der Waals surface area contributed by atoms with Crippen molar-refractivity contribution in [3.8, 4) is 5.75 Å². The van der Waals surface area contributed by atoms with Gasteiger partial charge in [-0.05, 0) is 38.0 Å². The first-order valence-corrected chi connectivity index (χ1v) is 9.86. The topological polar surface area (TPSA) is 120 Å². The number of allylic oxidation sites excluding steroid dienone is 5. The number of Topliss-reactive ketones (excluding diaryl/α,β-unsaturated/α-hetero) is 1. The Morgan fingerprint density at radius 3 is 2.84 bits per heavy atom. The van der Waals surface area contributed by atoms with Crippen LogP contribution in [0.25, 0.3) is 5.57 Å². The number of primary amides is 1. The summed E-state index contributed by atoms with van der Waals surface area (Å²) in [6, 6.07) is 2.52. The first kappa shape index (κ1) is 20.5. The number of hydrogen-bond acceptors (Lipinski definition) is 6. The number of hydrogen-bond donors (Lipinski definition) is 2. The Balaban J connectivity index is 1.45. The van der Waals surface area contributed by atoms with Crippen LogP contribution in [0.4, 0.5) is 9.18 Å². The summed E-state index contributed by atoms with van der Waals surface area (Å²) in [5.41, 5.74) is 6.48. The summed E-state index contributed by atoms with van der Waals surface area (Å²) in [5, 5.41) is 2.26. The fraction of sp³-hybridized carbons (Fsp3) is 0.273. The summed E-state index contributed by atoms with van der Waals surface area (Å²) in [7, 11) is 0. The molecule has 0 aromatic carbocycles. The van der Waals surface area contributed by atoms with Crippen LogP contribution in [-0.4, -0.2) is 21.8 Å². The van der Waals surface area contributed by atoms with E-state index in [4.69, 9.17) is 14.9 Å². The zero-order chi connectivity index (χ0) is 22.0. The van der Waals surface area contributed by atoms with Crippen LogP contribution < -0.4 is 15.8 Å². The Hall–Kier alpha value is -3.75. The van der Waals surface area contributed by atoms with Crippen molar-refractivity contribution in [3.05, 3.63) is 71.6 Å². The Kier molecular flexibility index (Phi) is 5.66. The number of oxazole rings is 1. The fourth-order valence-electron chi connectivity index (χ4n) is 3.09. The van der Waals surface area contributed by atoms with Crippen molar-refractivity contribution in [1.82, 2.24) is 15.3 Å². The second-order valence-corrected chi connectivity index (χ2v) is 7.38. The van der Waals surface area contributed by atoms with Crippen LogP contribution in [0.5, 0.6) is 5.75 Å². The van der Waals surface area contributed by atoms with Crippen LogP contribution in [0, 0.1) is 5.92 Å². The second-order valence-electron chi connectivity index (χ2n) is 7.38. The number of nitrogens with one attached hydrogen (secondary N) is 1. The number of pyridine rings is 1. The van der Waals surface area contributed by atoms with Crippen LogP contribution in [-0.2, 0) is 0 Å². The van der Waals surface area contributed by atoms with Crippen LogP contribution in [0.2, 0.25) is 0 Å². The summed E-state index contributed by atoms with van der Waals surface area (Å²) in [6.45, 7) is 1.79. The normalized spacial score (nSPS) is 17.0. The van der Waals surface area contributed by atoms with Gasteiger partial charge in [-0.15, -0.1) is 0 Å². The molecule has 1 unspecified atom stereocenters. The van der Waals surface area contributed by atoms with Crippen molar-refractivity contribution in [3.63, 3.8) is 0 Å². The summed E-state index contributed by atoms with van der Waals surface area (Å²) < 4.78 is 25.7. The average Bonchev–Trinajstić information content (AvgIpc) is 3.50. The molecule has 2 aromatic rings. The lowest BCUT2D eigenvalue weighted by molar-refractivity contribution is 0.0962. The molecule has 1 atom stereocenters. The number of aromatic nitrogens is 2. The molecule has 2 aromatic heterocycles. The van der Waals surface area contributed by atoms with Crippen LogP contribution in [0.15, 0.2) is 58.8 Å². The van der Waals surface area contributed by atoms with Gasteiger partial charge in [0.15, 0.2) is 5.78 Å². The van der Waals surface area contributed by atoms with E-state index < -0.39 is 18.0 Å². The molecule has 2 amide bonds. The number of urea groups is 1. The fourth-order valence-corrected chi connectivity index (χ4v) is 3.09. The smallest absolute Gasteiger partial charge is 0.316 e. The number of amides is 2. The van der Waals surface area contributed by atoms with E-state index in [0.29, 0.717) is 22.7 Å². The molecule has 4 rings (SSSR count). The van der Waals surface area contributed by atoms with Gasteiger partial charge in [-0.1, -0.05) is 12.2 Å². The van der Waals surface area contributed by atoms with Gasteiger partial charge < -0.3 is 20.2 Å². The molecule has 1 fully saturated rings. The predicted octanol–water partition coefficient (Wildman–Crippen LogP) is 4.00.